The second-order valence-electron chi connectivity index (χ2n) is 5.72. The van der Waals surface area contributed by atoms with Crippen LogP contribution in [0.5, 0.6) is 0 Å². The molecule has 0 aromatic rings. The highest BCUT2D eigenvalue weighted by Crippen LogP contribution is 2.35. The number of ether oxygens (including phenoxy) is 2. The standard InChI is InChI=1S/C15H26O4/c1-11(2)12(14(17)18-3)13(16)15(19-4)9-7-5-6-8-10-15/h11-12H,5-10H2,1-4H3. The number of hydrogen-bond acceptors (Lipinski definition) is 4. The summed E-state index contributed by atoms with van der Waals surface area (Å²) in [4.78, 5) is 24.7. The Labute approximate surface area is 115 Å². The molecular formula is C15H26O4. The lowest BCUT2D eigenvalue weighted by Gasteiger charge is -2.33. The summed E-state index contributed by atoms with van der Waals surface area (Å²) in [6.07, 6.45) is 5.63. The van der Waals surface area contributed by atoms with E-state index in [2.05, 4.69) is 0 Å². The zero-order valence-corrected chi connectivity index (χ0v) is 12.5. The van der Waals surface area contributed by atoms with Crippen molar-refractivity contribution in [1.29, 1.82) is 0 Å². The van der Waals surface area contributed by atoms with Gasteiger partial charge in [0.05, 0.1) is 7.11 Å². The van der Waals surface area contributed by atoms with Crippen LogP contribution in [0.2, 0.25) is 0 Å². The summed E-state index contributed by atoms with van der Waals surface area (Å²) >= 11 is 0. The minimum Gasteiger partial charge on any atom is -0.468 e. The Morgan fingerprint density at radius 1 is 1.00 bits per heavy atom. The number of carbonyl (C=O) groups excluding carboxylic acids is 2. The van der Waals surface area contributed by atoms with Gasteiger partial charge in [0.15, 0.2) is 5.78 Å². The first-order valence-corrected chi connectivity index (χ1v) is 7.16. The van der Waals surface area contributed by atoms with Crippen LogP contribution in [0.4, 0.5) is 0 Å². The van der Waals surface area contributed by atoms with Gasteiger partial charge in [0.25, 0.3) is 0 Å². The summed E-state index contributed by atoms with van der Waals surface area (Å²) in [5, 5.41) is 0. The molecule has 4 heteroatoms. The van der Waals surface area contributed by atoms with Gasteiger partial charge in [-0.2, -0.15) is 0 Å². The van der Waals surface area contributed by atoms with Crippen molar-refractivity contribution < 1.29 is 19.1 Å². The molecule has 0 aromatic heterocycles. The lowest BCUT2D eigenvalue weighted by Crippen LogP contribution is -2.48. The fourth-order valence-corrected chi connectivity index (χ4v) is 2.94. The van der Waals surface area contributed by atoms with Gasteiger partial charge in [-0.3, -0.25) is 9.59 Å². The third-order valence-corrected chi connectivity index (χ3v) is 4.16. The van der Waals surface area contributed by atoms with Crippen LogP contribution in [0.15, 0.2) is 0 Å². The summed E-state index contributed by atoms with van der Waals surface area (Å²) in [6, 6.07) is 0. The highest BCUT2D eigenvalue weighted by Gasteiger charge is 2.46. The van der Waals surface area contributed by atoms with Gasteiger partial charge in [0.1, 0.15) is 11.5 Å². The molecule has 19 heavy (non-hydrogen) atoms. The van der Waals surface area contributed by atoms with Gasteiger partial charge in [0.2, 0.25) is 0 Å². The Hall–Kier alpha value is -0.900. The van der Waals surface area contributed by atoms with Gasteiger partial charge in [0, 0.05) is 7.11 Å². The quantitative estimate of drug-likeness (QED) is 0.438. The summed E-state index contributed by atoms with van der Waals surface area (Å²) in [5.74, 6) is -1.34. The average molecular weight is 270 g/mol. The average Bonchev–Trinajstić information content (AvgIpc) is 2.64. The van der Waals surface area contributed by atoms with E-state index in [1.165, 1.54) is 7.11 Å². The van der Waals surface area contributed by atoms with Gasteiger partial charge in [-0.1, -0.05) is 39.5 Å². The van der Waals surface area contributed by atoms with E-state index < -0.39 is 17.5 Å². The summed E-state index contributed by atoms with van der Waals surface area (Å²) in [7, 11) is 2.91. The first-order valence-electron chi connectivity index (χ1n) is 7.16. The molecule has 0 saturated heterocycles. The number of methoxy groups -OCH3 is 2. The van der Waals surface area contributed by atoms with Crippen molar-refractivity contribution in [2.24, 2.45) is 11.8 Å². The molecule has 0 radical (unpaired) electrons. The molecule has 0 aliphatic heterocycles. The Bertz CT molecular complexity index is 314. The largest absolute Gasteiger partial charge is 0.468 e. The van der Waals surface area contributed by atoms with Crippen LogP contribution in [0, 0.1) is 11.8 Å². The summed E-state index contributed by atoms with van der Waals surface area (Å²) in [6.45, 7) is 3.75. The molecule has 0 bridgehead atoms. The zero-order chi connectivity index (χ0) is 14.5. The van der Waals surface area contributed by atoms with Crippen LogP contribution < -0.4 is 0 Å². The molecule has 1 aliphatic carbocycles. The normalized spacial score (nSPS) is 20.7. The van der Waals surface area contributed by atoms with Gasteiger partial charge < -0.3 is 9.47 Å². The van der Waals surface area contributed by atoms with E-state index in [-0.39, 0.29) is 11.7 Å². The molecule has 1 unspecified atom stereocenters. The predicted molar refractivity (Wildman–Crippen MR) is 72.8 cm³/mol. The van der Waals surface area contributed by atoms with E-state index in [1.54, 1.807) is 7.11 Å². The van der Waals surface area contributed by atoms with Crippen molar-refractivity contribution in [3.05, 3.63) is 0 Å². The Kier molecular flexibility index (Phi) is 5.98. The molecule has 0 heterocycles. The Balaban J connectivity index is 3.00. The topological polar surface area (TPSA) is 52.6 Å². The molecule has 0 spiro atoms. The SMILES string of the molecule is COC(=O)C(C(=O)C1(OC)CCCCCC1)C(C)C. The molecule has 1 rings (SSSR count). The number of hydrogen-bond donors (Lipinski definition) is 0. The van der Waals surface area contributed by atoms with E-state index in [1.807, 2.05) is 13.8 Å². The van der Waals surface area contributed by atoms with Crippen LogP contribution in [-0.2, 0) is 19.1 Å². The van der Waals surface area contributed by atoms with Crippen LogP contribution in [0.3, 0.4) is 0 Å². The van der Waals surface area contributed by atoms with Crippen LogP contribution >= 0.6 is 0 Å². The van der Waals surface area contributed by atoms with Crippen LogP contribution in [0.1, 0.15) is 52.4 Å². The summed E-state index contributed by atoms with van der Waals surface area (Å²) in [5.41, 5.74) is -0.792. The highest BCUT2D eigenvalue weighted by atomic mass is 16.5. The van der Waals surface area contributed by atoms with Crippen molar-refractivity contribution in [3.8, 4) is 0 Å². The van der Waals surface area contributed by atoms with E-state index >= 15 is 0 Å². The van der Waals surface area contributed by atoms with E-state index in [4.69, 9.17) is 9.47 Å². The van der Waals surface area contributed by atoms with E-state index in [0.717, 1.165) is 25.7 Å². The fourth-order valence-electron chi connectivity index (χ4n) is 2.94. The fraction of sp³-hybridized carbons (Fsp3) is 0.867. The number of carbonyl (C=O) groups is 2. The van der Waals surface area contributed by atoms with Gasteiger partial charge in [-0.05, 0) is 18.8 Å². The minimum atomic E-state index is -0.792. The first-order chi connectivity index (χ1) is 8.98. The molecule has 1 fully saturated rings. The number of rotatable bonds is 5. The van der Waals surface area contributed by atoms with Crippen molar-refractivity contribution in [2.75, 3.05) is 14.2 Å². The number of ketones is 1. The van der Waals surface area contributed by atoms with Crippen molar-refractivity contribution in [3.63, 3.8) is 0 Å². The van der Waals surface area contributed by atoms with Crippen LogP contribution in [0.25, 0.3) is 0 Å². The first kappa shape index (κ1) is 16.2. The van der Waals surface area contributed by atoms with Crippen LogP contribution in [-0.4, -0.2) is 31.6 Å². The smallest absolute Gasteiger partial charge is 0.316 e. The zero-order valence-electron chi connectivity index (χ0n) is 12.5. The van der Waals surface area contributed by atoms with Gasteiger partial charge >= 0.3 is 5.97 Å². The maximum atomic E-state index is 12.8. The molecule has 0 aromatic carbocycles. The highest BCUT2D eigenvalue weighted by molar-refractivity contribution is 6.03. The molecule has 110 valence electrons. The third kappa shape index (κ3) is 3.56. The number of esters is 1. The molecule has 0 amide bonds. The molecule has 1 aliphatic rings. The Morgan fingerprint density at radius 3 is 1.89 bits per heavy atom. The molecular weight excluding hydrogens is 244 g/mol. The minimum absolute atomic E-state index is 0.0739. The molecule has 4 nitrogen and oxygen atoms in total. The van der Waals surface area contributed by atoms with Gasteiger partial charge in [-0.25, -0.2) is 0 Å². The monoisotopic (exact) mass is 270 g/mol. The van der Waals surface area contributed by atoms with E-state index in [0.29, 0.717) is 12.8 Å². The second kappa shape index (κ2) is 7.04. The Morgan fingerprint density at radius 2 is 1.53 bits per heavy atom. The van der Waals surface area contributed by atoms with E-state index in [9.17, 15) is 9.59 Å². The third-order valence-electron chi connectivity index (χ3n) is 4.16. The lowest BCUT2D eigenvalue weighted by atomic mass is 9.78. The van der Waals surface area contributed by atoms with Gasteiger partial charge in [-0.15, -0.1) is 0 Å². The molecule has 1 saturated carbocycles. The lowest BCUT2D eigenvalue weighted by molar-refractivity contribution is -0.161. The molecule has 0 N–H and O–H groups in total. The maximum Gasteiger partial charge on any atom is 0.316 e. The second-order valence-corrected chi connectivity index (χ2v) is 5.72. The maximum absolute atomic E-state index is 12.8. The van der Waals surface area contributed by atoms with Crippen molar-refractivity contribution >= 4 is 11.8 Å². The van der Waals surface area contributed by atoms with Crippen molar-refractivity contribution in [2.45, 2.75) is 58.0 Å². The molecule has 1 atom stereocenters. The number of Topliss-reactive ketones (excluding diaryl/α,β-unsaturated/α-hetero) is 1. The summed E-state index contributed by atoms with van der Waals surface area (Å²) < 4.78 is 10.4. The predicted octanol–water partition coefficient (Wildman–Crippen LogP) is 2.74. The van der Waals surface area contributed by atoms with Crippen molar-refractivity contribution in [1.82, 2.24) is 0 Å².